The van der Waals surface area contributed by atoms with Gasteiger partial charge in [-0.1, -0.05) is 0 Å². The maximum atomic E-state index is 11.8. The zero-order chi connectivity index (χ0) is 15.4. The molecule has 1 atom stereocenters. The Labute approximate surface area is 124 Å². The van der Waals surface area contributed by atoms with Crippen molar-refractivity contribution in [2.75, 3.05) is 0 Å². The van der Waals surface area contributed by atoms with E-state index in [1.54, 1.807) is 24.9 Å². The van der Waals surface area contributed by atoms with Crippen molar-refractivity contribution in [1.82, 2.24) is 25.4 Å². The van der Waals surface area contributed by atoms with Crippen LogP contribution >= 0.6 is 11.3 Å². The summed E-state index contributed by atoms with van der Waals surface area (Å²) in [7, 11) is 1.80. The number of carboxylic acid groups (broad SMARTS) is 1. The van der Waals surface area contributed by atoms with Crippen LogP contribution in [-0.4, -0.2) is 31.9 Å². The topological polar surface area (TPSA) is 109 Å². The number of carbonyl (C=O) groups is 2. The zero-order valence-corrected chi connectivity index (χ0v) is 12.3. The van der Waals surface area contributed by atoms with Gasteiger partial charge in [-0.25, -0.2) is 14.6 Å². The highest BCUT2D eigenvalue weighted by Gasteiger charge is 2.15. The lowest BCUT2D eigenvalue weighted by Crippen LogP contribution is -2.36. The number of nitrogens with zero attached hydrogens (tertiary/aromatic N) is 3. The number of aromatic nitrogens is 3. The van der Waals surface area contributed by atoms with E-state index in [0.29, 0.717) is 11.6 Å². The summed E-state index contributed by atoms with van der Waals surface area (Å²) in [6.45, 7) is 2.06. The Kier molecular flexibility index (Phi) is 4.53. The third kappa shape index (κ3) is 4.02. The van der Waals surface area contributed by atoms with Gasteiger partial charge in [0.25, 0.3) is 0 Å². The molecule has 112 valence electrons. The zero-order valence-electron chi connectivity index (χ0n) is 11.5. The molecule has 2 amide bonds. The summed E-state index contributed by atoms with van der Waals surface area (Å²) in [5, 5.41) is 20.3. The highest BCUT2D eigenvalue weighted by atomic mass is 32.1. The van der Waals surface area contributed by atoms with Crippen molar-refractivity contribution in [3.05, 3.63) is 34.0 Å². The van der Waals surface area contributed by atoms with Crippen LogP contribution in [0.15, 0.2) is 17.6 Å². The molecular weight excluding hydrogens is 294 g/mol. The standard InChI is InChI=1S/C12H15N5O3S/c1-7(10-15-9(6-21-10)11(18)19)14-12(20)13-5-8-3-4-17(2)16-8/h3-4,6-7H,5H2,1-2H3,(H,18,19)(H2,13,14,20). The molecule has 0 radical (unpaired) electrons. The van der Waals surface area contributed by atoms with Gasteiger partial charge < -0.3 is 15.7 Å². The van der Waals surface area contributed by atoms with E-state index in [2.05, 4.69) is 20.7 Å². The van der Waals surface area contributed by atoms with Crippen LogP contribution < -0.4 is 10.6 Å². The summed E-state index contributed by atoms with van der Waals surface area (Å²) >= 11 is 1.20. The van der Waals surface area contributed by atoms with Gasteiger partial charge in [0.2, 0.25) is 0 Å². The Hall–Kier alpha value is -2.42. The van der Waals surface area contributed by atoms with Crippen molar-refractivity contribution in [1.29, 1.82) is 0 Å². The van der Waals surface area contributed by atoms with Gasteiger partial charge in [-0.05, 0) is 13.0 Å². The average Bonchev–Trinajstić information content (AvgIpc) is 3.05. The first-order valence-electron chi connectivity index (χ1n) is 6.17. The SMILES string of the molecule is CC(NC(=O)NCc1ccn(C)n1)c1nc(C(=O)O)cs1. The Bertz CT molecular complexity index is 651. The number of carbonyl (C=O) groups excluding carboxylic acids is 1. The molecular formula is C12H15N5O3S. The number of urea groups is 1. The molecule has 3 N–H and O–H groups in total. The number of thiazole rings is 1. The molecule has 0 aliphatic carbocycles. The number of amides is 2. The monoisotopic (exact) mass is 309 g/mol. The highest BCUT2D eigenvalue weighted by Crippen LogP contribution is 2.17. The van der Waals surface area contributed by atoms with Crippen molar-refractivity contribution < 1.29 is 14.7 Å². The maximum absolute atomic E-state index is 11.8. The van der Waals surface area contributed by atoms with E-state index in [1.165, 1.54) is 16.7 Å². The predicted molar refractivity (Wildman–Crippen MR) is 76.1 cm³/mol. The van der Waals surface area contributed by atoms with Crippen LogP contribution in [0.3, 0.4) is 0 Å². The van der Waals surface area contributed by atoms with Crippen molar-refractivity contribution >= 4 is 23.3 Å². The summed E-state index contributed by atoms with van der Waals surface area (Å²) < 4.78 is 1.65. The first-order chi connectivity index (χ1) is 9.95. The quantitative estimate of drug-likeness (QED) is 0.767. The summed E-state index contributed by atoms with van der Waals surface area (Å²) in [6.07, 6.45) is 1.79. The molecule has 0 aliphatic rings. The molecule has 2 heterocycles. The Balaban J connectivity index is 1.85. The van der Waals surface area contributed by atoms with E-state index in [-0.39, 0.29) is 17.8 Å². The number of aromatic carboxylic acids is 1. The highest BCUT2D eigenvalue weighted by molar-refractivity contribution is 7.09. The second-order valence-electron chi connectivity index (χ2n) is 4.41. The third-order valence-electron chi connectivity index (χ3n) is 2.66. The van der Waals surface area contributed by atoms with Gasteiger partial charge in [0, 0.05) is 18.6 Å². The Morgan fingerprint density at radius 1 is 1.52 bits per heavy atom. The van der Waals surface area contributed by atoms with E-state index in [0.717, 1.165) is 5.69 Å². The van der Waals surface area contributed by atoms with Gasteiger partial charge in [0.15, 0.2) is 5.69 Å². The summed E-state index contributed by atoms with van der Waals surface area (Å²) in [5.41, 5.74) is 0.736. The van der Waals surface area contributed by atoms with E-state index in [4.69, 9.17) is 5.11 Å². The Morgan fingerprint density at radius 2 is 2.29 bits per heavy atom. The predicted octanol–water partition coefficient (Wildman–Crippen LogP) is 1.14. The fourth-order valence-corrected chi connectivity index (χ4v) is 2.42. The largest absolute Gasteiger partial charge is 0.476 e. The van der Waals surface area contributed by atoms with Crippen molar-refractivity contribution in [2.24, 2.45) is 7.05 Å². The van der Waals surface area contributed by atoms with Crippen LogP contribution in [0.5, 0.6) is 0 Å². The lowest BCUT2D eigenvalue weighted by Gasteiger charge is -2.11. The molecule has 8 nitrogen and oxygen atoms in total. The molecule has 0 aromatic carbocycles. The van der Waals surface area contributed by atoms with E-state index < -0.39 is 5.97 Å². The first-order valence-corrected chi connectivity index (χ1v) is 7.05. The van der Waals surface area contributed by atoms with Gasteiger partial charge in [-0.2, -0.15) is 5.10 Å². The lowest BCUT2D eigenvalue weighted by atomic mass is 10.3. The smallest absolute Gasteiger partial charge is 0.355 e. The van der Waals surface area contributed by atoms with Gasteiger partial charge in [0.1, 0.15) is 5.01 Å². The van der Waals surface area contributed by atoms with Gasteiger partial charge in [0.05, 0.1) is 18.3 Å². The minimum Gasteiger partial charge on any atom is -0.476 e. The molecule has 0 aliphatic heterocycles. The second kappa shape index (κ2) is 6.35. The fourth-order valence-electron chi connectivity index (χ4n) is 1.62. The lowest BCUT2D eigenvalue weighted by molar-refractivity contribution is 0.0691. The van der Waals surface area contributed by atoms with Crippen LogP contribution in [0.25, 0.3) is 0 Å². The second-order valence-corrected chi connectivity index (χ2v) is 5.30. The molecule has 2 aromatic heterocycles. The maximum Gasteiger partial charge on any atom is 0.355 e. The van der Waals surface area contributed by atoms with Crippen molar-refractivity contribution in [3.8, 4) is 0 Å². The summed E-state index contributed by atoms with van der Waals surface area (Å²) in [4.78, 5) is 26.5. The molecule has 0 bridgehead atoms. The number of hydrogen-bond donors (Lipinski definition) is 3. The van der Waals surface area contributed by atoms with Crippen LogP contribution in [0.2, 0.25) is 0 Å². The van der Waals surface area contributed by atoms with Gasteiger partial charge in [-0.15, -0.1) is 11.3 Å². The number of aryl methyl sites for hydroxylation is 1. The summed E-state index contributed by atoms with van der Waals surface area (Å²) in [6, 6.07) is 1.08. The molecule has 21 heavy (non-hydrogen) atoms. The van der Waals surface area contributed by atoms with Crippen molar-refractivity contribution in [2.45, 2.75) is 19.5 Å². The molecule has 0 fully saturated rings. The molecule has 9 heteroatoms. The normalized spacial score (nSPS) is 11.9. The van der Waals surface area contributed by atoms with E-state index >= 15 is 0 Å². The molecule has 1 unspecified atom stereocenters. The minimum absolute atomic E-state index is 0.0162. The van der Waals surface area contributed by atoms with E-state index in [9.17, 15) is 9.59 Å². The number of nitrogens with one attached hydrogen (secondary N) is 2. The molecule has 0 spiro atoms. The fraction of sp³-hybridized carbons (Fsp3) is 0.333. The molecule has 0 saturated carbocycles. The molecule has 0 saturated heterocycles. The number of carboxylic acids is 1. The first kappa shape index (κ1) is 15.0. The van der Waals surface area contributed by atoms with Crippen LogP contribution in [0.4, 0.5) is 4.79 Å². The number of hydrogen-bond acceptors (Lipinski definition) is 5. The third-order valence-corrected chi connectivity index (χ3v) is 3.69. The van der Waals surface area contributed by atoms with Crippen LogP contribution in [0.1, 0.15) is 34.2 Å². The van der Waals surface area contributed by atoms with Gasteiger partial charge in [-0.3, -0.25) is 4.68 Å². The molecule has 2 rings (SSSR count). The summed E-state index contributed by atoms with van der Waals surface area (Å²) in [5.74, 6) is -1.08. The van der Waals surface area contributed by atoms with Gasteiger partial charge >= 0.3 is 12.0 Å². The van der Waals surface area contributed by atoms with Crippen LogP contribution in [-0.2, 0) is 13.6 Å². The number of rotatable bonds is 5. The average molecular weight is 309 g/mol. The van der Waals surface area contributed by atoms with Crippen LogP contribution in [0, 0.1) is 0 Å². The van der Waals surface area contributed by atoms with E-state index in [1.807, 2.05) is 6.07 Å². The van der Waals surface area contributed by atoms with Crippen molar-refractivity contribution in [3.63, 3.8) is 0 Å². The Morgan fingerprint density at radius 3 is 2.86 bits per heavy atom. The minimum atomic E-state index is -1.08. The molecule has 2 aromatic rings.